The molecule has 1 aliphatic rings. The van der Waals surface area contributed by atoms with Crippen molar-refractivity contribution in [3.05, 3.63) is 59.7 Å². The van der Waals surface area contributed by atoms with Gasteiger partial charge in [-0.3, -0.25) is 9.59 Å². The summed E-state index contributed by atoms with van der Waals surface area (Å²) in [5.74, 6) is -0.925. The summed E-state index contributed by atoms with van der Waals surface area (Å²) in [7, 11) is 0. The molecule has 1 saturated carbocycles. The van der Waals surface area contributed by atoms with Crippen LogP contribution in [0, 0.1) is 0 Å². The standard InChI is InChI=1S/C32H45N3O6/c1-31(2,3)35(27(24-14-10-11-15-26(24)37)28(38)33-22-12-8-7-9-13-22)29(39)25(34-30(40)41-32(4,5)6)20-21-16-18-23(36)19-17-21/h10-11,14-19,22,25,27,36-37H,7-9,12-13,20H2,1-6H3,(H,33,38)(H,34,40). The van der Waals surface area contributed by atoms with Crippen LogP contribution in [0.3, 0.4) is 0 Å². The Morgan fingerprint density at radius 1 is 0.927 bits per heavy atom. The second-order valence-corrected chi connectivity index (χ2v) is 12.8. The van der Waals surface area contributed by atoms with Gasteiger partial charge >= 0.3 is 6.09 Å². The molecule has 9 heteroatoms. The van der Waals surface area contributed by atoms with Crippen molar-refractivity contribution in [2.45, 2.75) is 109 Å². The number of ether oxygens (including phenoxy) is 1. The average Bonchev–Trinajstić information content (AvgIpc) is 2.87. The lowest BCUT2D eigenvalue weighted by Crippen LogP contribution is -2.59. The van der Waals surface area contributed by atoms with Crippen molar-refractivity contribution < 1.29 is 29.3 Å². The maximum atomic E-state index is 14.5. The molecule has 2 atom stereocenters. The zero-order valence-corrected chi connectivity index (χ0v) is 25.1. The van der Waals surface area contributed by atoms with Gasteiger partial charge in [0.05, 0.1) is 0 Å². The van der Waals surface area contributed by atoms with Crippen LogP contribution in [-0.4, -0.2) is 56.2 Å². The number of aromatic hydroxyl groups is 2. The second-order valence-electron chi connectivity index (χ2n) is 12.8. The molecule has 2 aromatic rings. The van der Waals surface area contributed by atoms with Crippen molar-refractivity contribution in [2.75, 3.05) is 0 Å². The van der Waals surface area contributed by atoms with Crippen LogP contribution < -0.4 is 10.6 Å². The lowest BCUT2D eigenvalue weighted by Gasteiger charge is -2.43. The van der Waals surface area contributed by atoms with Crippen LogP contribution in [-0.2, 0) is 20.7 Å². The van der Waals surface area contributed by atoms with E-state index < -0.39 is 35.2 Å². The molecule has 2 aromatic carbocycles. The lowest BCUT2D eigenvalue weighted by molar-refractivity contribution is -0.148. The third-order valence-corrected chi connectivity index (χ3v) is 7.01. The van der Waals surface area contributed by atoms with Gasteiger partial charge in [-0.05, 0) is 78.1 Å². The fourth-order valence-corrected chi connectivity index (χ4v) is 5.17. The highest BCUT2D eigenvalue weighted by molar-refractivity contribution is 5.93. The number of benzene rings is 2. The summed E-state index contributed by atoms with van der Waals surface area (Å²) in [6.07, 6.45) is 4.18. The molecule has 0 saturated heterocycles. The van der Waals surface area contributed by atoms with Crippen LogP contribution in [0.2, 0.25) is 0 Å². The molecule has 0 aromatic heterocycles. The van der Waals surface area contributed by atoms with Gasteiger partial charge in [-0.2, -0.15) is 0 Å². The first-order valence-electron chi connectivity index (χ1n) is 14.3. The smallest absolute Gasteiger partial charge is 0.408 e. The number of alkyl carbamates (subject to hydrolysis) is 1. The molecule has 9 nitrogen and oxygen atoms in total. The second kappa shape index (κ2) is 13.3. The molecule has 3 amide bonds. The van der Waals surface area contributed by atoms with Gasteiger partial charge in [-0.1, -0.05) is 49.6 Å². The number of phenolic OH excluding ortho intramolecular Hbond substituents is 2. The number of nitrogens with zero attached hydrogens (tertiary/aromatic N) is 1. The van der Waals surface area contributed by atoms with Crippen molar-refractivity contribution in [2.24, 2.45) is 0 Å². The minimum atomic E-state index is -1.16. The number of amides is 3. The number of phenols is 2. The van der Waals surface area contributed by atoms with E-state index in [1.54, 1.807) is 51.1 Å². The van der Waals surface area contributed by atoms with Crippen LogP contribution >= 0.6 is 0 Å². The predicted molar refractivity (Wildman–Crippen MR) is 157 cm³/mol. The van der Waals surface area contributed by atoms with Crippen molar-refractivity contribution >= 4 is 17.9 Å². The summed E-state index contributed by atoms with van der Waals surface area (Å²) in [6.45, 7) is 10.6. The Morgan fingerprint density at radius 3 is 2.10 bits per heavy atom. The minimum absolute atomic E-state index is 0.0193. The zero-order chi connectivity index (χ0) is 30.4. The molecule has 0 spiro atoms. The first kappa shape index (κ1) is 31.8. The van der Waals surface area contributed by atoms with Gasteiger partial charge in [0, 0.05) is 23.6 Å². The summed E-state index contributed by atoms with van der Waals surface area (Å²) in [5.41, 5.74) is -0.698. The third-order valence-electron chi connectivity index (χ3n) is 7.01. The number of nitrogens with one attached hydrogen (secondary N) is 2. The molecule has 2 unspecified atom stereocenters. The van der Waals surface area contributed by atoms with Gasteiger partial charge < -0.3 is 30.5 Å². The van der Waals surface area contributed by atoms with Crippen molar-refractivity contribution in [1.29, 1.82) is 0 Å². The third kappa shape index (κ3) is 9.13. The van der Waals surface area contributed by atoms with E-state index in [0.717, 1.165) is 32.1 Å². The van der Waals surface area contributed by atoms with Crippen molar-refractivity contribution in [1.82, 2.24) is 15.5 Å². The molecule has 41 heavy (non-hydrogen) atoms. The highest BCUT2D eigenvalue weighted by Crippen LogP contribution is 2.35. The topological polar surface area (TPSA) is 128 Å². The van der Waals surface area contributed by atoms with Crippen molar-refractivity contribution in [3.63, 3.8) is 0 Å². The normalized spacial score (nSPS) is 15.9. The van der Waals surface area contributed by atoms with Gasteiger partial charge in [-0.15, -0.1) is 0 Å². The van der Waals surface area contributed by atoms with Gasteiger partial charge in [0.2, 0.25) is 11.8 Å². The Bertz CT molecular complexity index is 1190. The zero-order valence-electron chi connectivity index (χ0n) is 25.1. The number of carbonyl (C=O) groups is 3. The quantitative estimate of drug-likeness (QED) is 0.340. The van der Waals surface area contributed by atoms with E-state index in [1.165, 1.54) is 23.1 Å². The molecular weight excluding hydrogens is 522 g/mol. The Hall–Kier alpha value is -3.75. The molecule has 3 rings (SSSR count). The van der Waals surface area contributed by atoms with Crippen LogP contribution in [0.15, 0.2) is 48.5 Å². The average molecular weight is 568 g/mol. The minimum Gasteiger partial charge on any atom is -0.508 e. The fourth-order valence-electron chi connectivity index (χ4n) is 5.17. The fraction of sp³-hybridized carbons (Fsp3) is 0.531. The number of rotatable bonds is 8. The van der Waals surface area contributed by atoms with Gasteiger partial charge in [0.1, 0.15) is 29.2 Å². The van der Waals surface area contributed by atoms with Crippen LogP contribution in [0.1, 0.15) is 90.8 Å². The number of hydrogen-bond donors (Lipinski definition) is 4. The van der Waals surface area contributed by atoms with Crippen molar-refractivity contribution in [3.8, 4) is 11.5 Å². The molecule has 0 aliphatic heterocycles. The molecule has 0 bridgehead atoms. The van der Waals surface area contributed by atoms with Gasteiger partial charge in [0.15, 0.2) is 0 Å². The summed E-state index contributed by atoms with van der Waals surface area (Å²) >= 11 is 0. The first-order valence-corrected chi connectivity index (χ1v) is 14.3. The number of para-hydroxylation sites is 1. The Morgan fingerprint density at radius 2 is 1.54 bits per heavy atom. The summed E-state index contributed by atoms with van der Waals surface area (Å²) in [4.78, 5) is 42.9. The highest BCUT2D eigenvalue weighted by Gasteiger charge is 2.43. The van der Waals surface area contributed by atoms with E-state index in [1.807, 2.05) is 20.8 Å². The van der Waals surface area contributed by atoms with Gasteiger partial charge in [0.25, 0.3) is 0 Å². The summed E-state index contributed by atoms with van der Waals surface area (Å²) in [5, 5.41) is 26.5. The van der Waals surface area contributed by atoms with E-state index >= 15 is 0 Å². The molecule has 0 heterocycles. The van der Waals surface area contributed by atoms with E-state index in [9.17, 15) is 24.6 Å². The predicted octanol–water partition coefficient (Wildman–Crippen LogP) is 5.35. The molecule has 1 fully saturated rings. The van der Waals surface area contributed by atoms with E-state index in [4.69, 9.17) is 4.74 Å². The van der Waals surface area contributed by atoms with E-state index in [2.05, 4.69) is 10.6 Å². The summed E-state index contributed by atoms with van der Waals surface area (Å²) < 4.78 is 5.47. The highest BCUT2D eigenvalue weighted by atomic mass is 16.6. The van der Waals surface area contributed by atoms with Crippen LogP contribution in [0.5, 0.6) is 11.5 Å². The lowest BCUT2D eigenvalue weighted by atomic mass is 9.92. The monoisotopic (exact) mass is 567 g/mol. The maximum absolute atomic E-state index is 14.5. The Kier molecular flexibility index (Phi) is 10.3. The number of hydrogen-bond acceptors (Lipinski definition) is 6. The Balaban J connectivity index is 2.06. The van der Waals surface area contributed by atoms with Gasteiger partial charge in [-0.25, -0.2) is 4.79 Å². The van der Waals surface area contributed by atoms with E-state index in [-0.39, 0.29) is 29.9 Å². The molecule has 4 N–H and O–H groups in total. The molecule has 224 valence electrons. The SMILES string of the molecule is CC(C)(C)OC(=O)NC(Cc1ccc(O)cc1)C(=O)N(C(C(=O)NC1CCCCC1)c1ccccc1O)C(C)(C)C. The molecule has 1 aliphatic carbocycles. The first-order chi connectivity index (χ1) is 19.2. The van der Waals surface area contributed by atoms with Crippen LogP contribution in [0.25, 0.3) is 0 Å². The summed E-state index contributed by atoms with van der Waals surface area (Å²) in [6, 6.07) is 10.6. The van der Waals surface area contributed by atoms with Crippen LogP contribution in [0.4, 0.5) is 4.79 Å². The molecule has 0 radical (unpaired) electrons. The van der Waals surface area contributed by atoms with E-state index in [0.29, 0.717) is 11.1 Å². The molecular formula is C32H45N3O6. The number of carbonyl (C=O) groups excluding carboxylic acids is 3. The largest absolute Gasteiger partial charge is 0.508 e. The Labute approximate surface area is 243 Å². The maximum Gasteiger partial charge on any atom is 0.408 e.